The zero-order chi connectivity index (χ0) is 32.0. The third-order valence-electron chi connectivity index (χ3n) is 8.12. The lowest BCUT2D eigenvalue weighted by molar-refractivity contribution is 0.0259. The van der Waals surface area contributed by atoms with Crippen LogP contribution in [0.1, 0.15) is 85.9 Å². The van der Waals surface area contributed by atoms with Crippen LogP contribution in [0.3, 0.4) is 0 Å². The van der Waals surface area contributed by atoms with Gasteiger partial charge in [0.25, 0.3) is 5.91 Å². The van der Waals surface area contributed by atoms with Crippen molar-refractivity contribution < 1.29 is 23.1 Å². The molecule has 1 atom stereocenters. The van der Waals surface area contributed by atoms with Gasteiger partial charge < -0.3 is 19.2 Å². The number of hydrogen-bond donors (Lipinski definition) is 1. The molecule has 0 bridgehead atoms. The van der Waals surface area contributed by atoms with Gasteiger partial charge in [-0.25, -0.2) is 14.4 Å². The molecule has 0 saturated carbocycles. The minimum atomic E-state index is -0.510. The number of nitrogens with zero attached hydrogens (tertiary/aromatic N) is 4. The summed E-state index contributed by atoms with van der Waals surface area (Å²) in [4.78, 5) is 24.6. The van der Waals surface area contributed by atoms with E-state index in [1.807, 2.05) is 45.0 Å². The normalized spacial score (nSPS) is 15.1. The smallest absolute Gasteiger partial charge is 0.251 e. The number of carbonyl (C=O) groups is 1. The molecule has 0 spiro atoms. The second-order valence-electron chi connectivity index (χ2n) is 12.3. The number of benzene rings is 2. The molecule has 2 aromatic carbocycles. The summed E-state index contributed by atoms with van der Waals surface area (Å²) >= 11 is 0. The van der Waals surface area contributed by atoms with Crippen molar-refractivity contribution >= 4 is 17.0 Å². The molecule has 10 heteroatoms. The number of likely N-dealkylation sites (tertiary alicyclic amines) is 1. The number of nitriles is 1. The Morgan fingerprint density at radius 2 is 1.98 bits per heavy atom. The minimum absolute atomic E-state index is 0.0361. The van der Waals surface area contributed by atoms with E-state index in [9.17, 15) is 9.18 Å². The number of halogens is 1. The lowest BCUT2D eigenvalue weighted by Crippen LogP contribution is -2.47. The predicted octanol–water partition coefficient (Wildman–Crippen LogP) is 6.52. The first-order valence-electron chi connectivity index (χ1n) is 15.5. The number of hydrogen-bond acceptors (Lipinski definition) is 8. The maximum absolute atomic E-state index is 14.2. The standard InChI is InChI=1S/C35H40FN5O4/c1-5-23(2)44-22-35(3,4)40-34(42)26-11-12-30-31(18-26)45-33(39-30)20-41-15-13-25(14-16-41)29-7-6-8-32(38-29)43-21-27-10-9-24(19-37)17-28(27)36/h6-12,17-18,23,25H,5,13-16,20-22H2,1-4H3,(H,40,42). The van der Waals surface area contributed by atoms with E-state index >= 15 is 0 Å². The van der Waals surface area contributed by atoms with Gasteiger partial charge in [0.2, 0.25) is 11.8 Å². The molecule has 45 heavy (non-hydrogen) atoms. The lowest BCUT2D eigenvalue weighted by Gasteiger charge is -2.30. The minimum Gasteiger partial charge on any atom is -0.473 e. The van der Waals surface area contributed by atoms with Gasteiger partial charge in [-0.05, 0) is 89.5 Å². The van der Waals surface area contributed by atoms with Gasteiger partial charge in [0.05, 0.1) is 36.4 Å². The van der Waals surface area contributed by atoms with Crippen LogP contribution in [0.4, 0.5) is 4.39 Å². The molecular formula is C35H40FN5O4. The van der Waals surface area contributed by atoms with Gasteiger partial charge in [-0.3, -0.25) is 9.69 Å². The maximum Gasteiger partial charge on any atom is 0.251 e. The quantitative estimate of drug-likeness (QED) is 0.192. The van der Waals surface area contributed by atoms with Crippen molar-refractivity contribution in [3.05, 3.63) is 88.7 Å². The molecule has 1 aliphatic heterocycles. The van der Waals surface area contributed by atoms with Crippen molar-refractivity contribution in [2.45, 2.75) is 77.7 Å². The summed E-state index contributed by atoms with van der Waals surface area (Å²) < 4.78 is 31.9. The van der Waals surface area contributed by atoms with Crippen LogP contribution in [0.25, 0.3) is 11.1 Å². The number of piperidine rings is 1. The Kier molecular flexibility index (Phi) is 10.1. The van der Waals surface area contributed by atoms with E-state index in [1.54, 1.807) is 30.3 Å². The maximum atomic E-state index is 14.2. The highest BCUT2D eigenvalue weighted by molar-refractivity contribution is 5.97. The number of oxazole rings is 1. The predicted molar refractivity (Wildman–Crippen MR) is 168 cm³/mol. The fourth-order valence-corrected chi connectivity index (χ4v) is 5.27. The van der Waals surface area contributed by atoms with Crippen molar-refractivity contribution in [2.24, 2.45) is 0 Å². The molecule has 1 amide bonds. The molecule has 1 fully saturated rings. The number of aromatic nitrogens is 2. The zero-order valence-corrected chi connectivity index (χ0v) is 26.3. The van der Waals surface area contributed by atoms with Gasteiger partial charge in [0.15, 0.2) is 5.58 Å². The summed E-state index contributed by atoms with van der Waals surface area (Å²) in [7, 11) is 0. The fourth-order valence-electron chi connectivity index (χ4n) is 5.27. The van der Waals surface area contributed by atoms with E-state index in [0.717, 1.165) is 43.6 Å². The molecule has 4 aromatic rings. The van der Waals surface area contributed by atoms with E-state index in [0.29, 0.717) is 41.6 Å². The number of pyridine rings is 1. The molecule has 1 saturated heterocycles. The average molecular weight is 614 g/mol. The van der Waals surface area contributed by atoms with Crippen LogP contribution in [0.15, 0.2) is 59.0 Å². The summed E-state index contributed by atoms with van der Waals surface area (Å²) in [6, 6.07) is 17.3. The van der Waals surface area contributed by atoms with Gasteiger partial charge >= 0.3 is 0 Å². The van der Waals surface area contributed by atoms with Crippen LogP contribution in [0.2, 0.25) is 0 Å². The van der Waals surface area contributed by atoms with Crippen LogP contribution in [-0.4, -0.2) is 52.1 Å². The Labute approximate surface area is 263 Å². The molecule has 1 N–H and O–H groups in total. The van der Waals surface area contributed by atoms with E-state index in [-0.39, 0.29) is 30.1 Å². The van der Waals surface area contributed by atoms with Crippen molar-refractivity contribution in [3.8, 4) is 11.9 Å². The van der Waals surface area contributed by atoms with E-state index < -0.39 is 11.4 Å². The molecular weight excluding hydrogens is 573 g/mol. The van der Waals surface area contributed by atoms with Crippen molar-refractivity contribution in [2.75, 3.05) is 19.7 Å². The third-order valence-corrected chi connectivity index (χ3v) is 8.12. The second kappa shape index (κ2) is 14.2. The molecule has 9 nitrogen and oxygen atoms in total. The Bertz CT molecular complexity index is 1670. The summed E-state index contributed by atoms with van der Waals surface area (Å²) in [5, 5.41) is 12.0. The highest BCUT2D eigenvalue weighted by Crippen LogP contribution is 2.29. The summed E-state index contributed by atoms with van der Waals surface area (Å²) in [5.41, 5.74) is 2.92. The molecule has 3 heterocycles. The van der Waals surface area contributed by atoms with Gasteiger partial charge in [0, 0.05) is 28.8 Å². The lowest BCUT2D eigenvalue weighted by atomic mass is 9.93. The van der Waals surface area contributed by atoms with Crippen LogP contribution >= 0.6 is 0 Å². The van der Waals surface area contributed by atoms with Crippen molar-refractivity contribution in [3.63, 3.8) is 0 Å². The van der Waals surface area contributed by atoms with E-state index in [2.05, 4.69) is 22.1 Å². The molecule has 0 aliphatic carbocycles. The van der Waals surface area contributed by atoms with Crippen molar-refractivity contribution in [1.82, 2.24) is 20.2 Å². The third kappa shape index (κ3) is 8.44. The van der Waals surface area contributed by atoms with Gasteiger partial charge in [-0.1, -0.05) is 19.1 Å². The topological polar surface area (TPSA) is 114 Å². The number of carbonyl (C=O) groups excluding carboxylic acids is 1. The van der Waals surface area contributed by atoms with Gasteiger partial charge in [-0.15, -0.1) is 0 Å². The number of nitrogens with one attached hydrogen (secondary N) is 1. The molecule has 5 rings (SSSR count). The van der Waals surface area contributed by atoms with Crippen LogP contribution in [0, 0.1) is 17.1 Å². The number of fused-ring (bicyclic) bond motifs is 1. The zero-order valence-electron chi connectivity index (χ0n) is 26.3. The Morgan fingerprint density at radius 1 is 1.18 bits per heavy atom. The fraction of sp³-hybridized carbons (Fsp3) is 0.429. The van der Waals surface area contributed by atoms with Crippen molar-refractivity contribution in [1.29, 1.82) is 5.26 Å². The van der Waals surface area contributed by atoms with E-state index in [1.165, 1.54) is 6.07 Å². The molecule has 236 valence electrons. The van der Waals surface area contributed by atoms with Crippen LogP contribution < -0.4 is 10.1 Å². The molecule has 0 radical (unpaired) electrons. The number of amides is 1. The first kappa shape index (κ1) is 32.1. The highest BCUT2D eigenvalue weighted by Gasteiger charge is 2.25. The van der Waals surface area contributed by atoms with Crippen LogP contribution in [0.5, 0.6) is 5.88 Å². The SMILES string of the molecule is CCC(C)OCC(C)(C)NC(=O)c1ccc2nc(CN3CCC(c4cccc(OCc5ccc(C#N)cc5F)n4)CC3)oc2c1. The first-order valence-corrected chi connectivity index (χ1v) is 15.5. The monoisotopic (exact) mass is 613 g/mol. The summed E-state index contributed by atoms with van der Waals surface area (Å²) in [5.74, 6) is 0.693. The summed E-state index contributed by atoms with van der Waals surface area (Å²) in [6.45, 7) is 10.7. The van der Waals surface area contributed by atoms with Crippen LogP contribution in [-0.2, 0) is 17.9 Å². The Balaban J connectivity index is 1.13. The van der Waals surface area contributed by atoms with E-state index in [4.69, 9.17) is 24.1 Å². The Hall–Kier alpha value is -4.33. The van der Waals surface area contributed by atoms with Gasteiger partial charge in [-0.2, -0.15) is 5.26 Å². The Morgan fingerprint density at radius 3 is 2.71 bits per heavy atom. The molecule has 1 unspecified atom stereocenters. The van der Waals surface area contributed by atoms with Gasteiger partial charge in [0.1, 0.15) is 17.9 Å². The number of ether oxygens (including phenoxy) is 2. The summed E-state index contributed by atoms with van der Waals surface area (Å²) in [6.07, 6.45) is 2.89. The highest BCUT2D eigenvalue weighted by atomic mass is 19.1. The second-order valence-corrected chi connectivity index (χ2v) is 12.3. The molecule has 2 aromatic heterocycles. The number of rotatable bonds is 12. The molecule has 1 aliphatic rings. The largest absolute Gasteiger partial charge is 0.473 e. The average Bonchev–Trinajstić information content (AvgIpc) is 3.45. The first-order chi connectivity index (χ1) is 21.6.